The molecule has 0 atom stereocenters. The number of fused-ring (bicyclic) bond motifs is 1. The van der Waals surface area contributed by atoms with Crippen molar-refractivity contribution in [2.24, 2.45) is 5.73 Å². The summed E-state index contributed by atoms with van der Waals surface area (Å²) in [5, 5.41) is 2.25. The zero-order valence-corrected chi connectivity index (χ0v) is 10.5. The van der Waals surface area contributed by atoms with Crippen molar-refractivity contribution in [3.05, 3.63) is 59.7 Å². The first-order chi connectivity index (χ1) is 8.66. The molecular formula is C16H17NO. The summed E-state index contributed by atoms with van der Waals surface area (Å²) < 4.78 is 0. The average Bonchev–Trinajstić information content (AvgIpc) is 3.12. The van der Waals surface area contributed by atoms with E-state index in [9.17, 15) is 4.79 Å². The minimum absolute atomic E-state index is 0.290. The van der Waals surface area contributed by atoms with Gasteiger partial charge < -0.3 is 5.73 Å². The van der Waals surface area contributed by atoms with Crippen molar-refractivity contribution < 1.29 is 4.79 Å². The molecule has 2 aromatic rings. The second-order valence-corrected chi connectivity index (χ2v) is 4.54. The van der Waals surface area contributed by atoms with Crippen molar-refractivity contribution in [1.82, 2.24) is 0 Å². The molecular weight excluding hydrogens is 222 g/mol. The first-order valence-corrected chi connectivity index (χ1v) is 6.07. The maximum atomic E-state index is 10.8. The van der Waals surface area contributed by atoms with Gasteiger partial charge >= 0.3 is 0 Å². The second-order valence-electron chi connectivity index (χ2n) is 4.54. The Morgan fingerprint density at radius 3 is 2.39 bits per heavy atom. The SMILES string of the molecule is CC1=CC1.NC(=O)Cc1cccc2ccccc12. The van der Waals surface area contributed by atoms with E-state index in [-0.39, 0.29) is 5.91 Å². The lowest BCUT2D eigenvalue weighted by Gasteiger charge is -2.03. The summed E-state index contributed by atoms with van der Waals surface area (Å²) in [6, 6.07) is 13.9. The molecule has 0 radical (unpaired) electrons. The number of hydrogen-bond donors (Lipinski definition) is 1. The molecule has 1 aliphatic carbocycles. The lowest BCUT2D eigenvalue weighted by molar-refractivity contribution is -0.117. The highest BCUT2D eigenvalue weighted by atomic mass is 16.1. The number of nitrogens with two attached hydrogens (primary N) is 1. The Bertz CT molecular complexity index is 594. The van der Waals surface area contributed by atoms with Crippen molar-refractivity contribution in [3.8, 4) is 0 Å². The summed E-state index contributed by atoms with van der Waals surface area (Å²) in [6.45, 7) is 2.14. The molecule has 2 aromatic carbocycles. The molecule has 0 saturated carbocycles. The van der Waals surface area contributed by atoms with Gasteiger partial charge in [-0.2, -0.15) is 0 Å². The van der Waals surface area contributed by atoms with Gasteiger partial charge in [0.05, 0.1) is 6.42 Å². The quantitative estimate of drug-likeness (QED) is 0.803. The van der Waals surface area contributed by atoms with Crippen LogP contribution in [0.2, 0.25) is 0 Å². The highest BCUT2D eigenvalue weighted by Crippen LogP contribution is 2.18. The molecule has 18 heavy (non-hydrogen) atoms. The molecule has 1 amide bonds. The van der Waals surface area contributed by atoms with E-state index >= 15 is 0 Å². The van der Waals surface area contributed by atoms with Gasteiger partial charge in [0.15, 0.2) is 0 Å². The van der Waals surface area contributed by atoms with Gasteiger partial charge in [0.25, 0.3) is 0 Å². The van der Waals surface area contributed by atoms with Crippen molar-refractivity contribution >= 4 is 16.7 Å². The van der Waals surface area contributed by atoms with Gasteiger partial charge in [0, 0.05) is 0 Å². The topological polar surface area (TPSA) is 43.1 Å². The van der Waals surface area contributed by atoms with Crippen LogP contribution in [0.1, 0.15) is 18.9 Å². The Morgan fingerprint density at radius 1 is 1.17 bits per heavy atom. The molecule has 1 aliphatic rings. The van der Waals surface area contributed by atoms with Crippen LogP contribution < -0.4 is 5.73 Å². The smallest absolute Gasteiger partial charge is 0.221 e. The van der Waals surface area contributed by atoms with Crippen LogP contribution >= 0.6 is 0 Å². The van der Waals surface area contributed by atoms with E-state index in [0.29, 0.717) is 6.42 Å². The van der Waals surface area contributed by atoms with E-state index in [4.69, 9.17) is 5.73 Å². The van der Waals surface area contributed by atoms with Crippen LogP contribution in [0.25, 0.3) is 10.8 Å². The van der Waals surface area contributed by atoms with E-state index in [1.54, 1.807) is 5.57 Å². The summed E-state index contributed by atoms with van der Waals surface area (Å²) >= 11 is 0. The molecule has 2 nitrogen and oxygen atoms in total. The Balaban J connectivity index is 0.000000256. The zero-order valence-electron chi connectivity index (χ0n) is 10.5. The first-order valence-electron chi connectivity index (χ1n) is 6.07. The maximum Gasteiger partial charge on any atom is 0.221 e. The molecule has 0 bridgehead atoms. The molecule has 3 rings (SSSR count). The van der Waals surface area contributed by atoms with Gasteiger partial charge in [0.2, 0.25) is 5.91 Å². The van der Waals surface area contributed by atoms with E-state index in [2.05, 4.69) is 13.0 Å². The lowest BCUT2D eigenvalue weighted by Crippen LogP contribution is -2.13. The largest absolute Gasteiger partial charge is 0.369 e. The van der Waals surface area contributed by atoms with Crippen LogP contribution in [-0.4, -0.2) is 5.91 Å². The molecule has 0 aliphatic heterocycles. The van der Waals surface area contributed by atoms with Gasteiger partial charge in [-0.1, -0.05) is 54.1 Å². The Morgan fingerprint density at radius 2 is 1.78 bits per heavy atom. The van der Waals surface area contributed by atoms with Gasteiger partial charge in [-0.25, -0.2) is 0 Å². The van der Waals surface area contributed by atoms with Gasteiger partial charge in [-0.05, 0) is 29.7 Å². The minimum atomic E-state index is -0.290. The van der Waals surface area contributed by atoms with E-state index in [0.717, 1.165) is 16.3 Å². The van der Waals surface area contributed by atoms with Crippen LogP contribution in [0.5, 0.6) is 0 Å². The zero-order chi connectivity index (χ0) is 13.0. The second kappa shape index (κ2) is 5.50. The van der Waals surface area contributed by atoms with E-state index in [1.165, 1.54) is 6.42 Å². The third-order valence-electron chi connectivity index (χ3n) is 2.86. The molecule has 0 unspecified atom stereocenters. The fourth-order valence-electron chi connectivity index (χ4n) is 1.74. The number of rotatable bonds is 2. The molecule has 92 valence electrons. The monoisotopic (exact) mass is 239 g/mol. The number of carbonyl (C=O) groups excluding carboxylic acids is 1. The van der Waals surface area contributed by atoms with Gasteiger partial charge in [-0.3, -0.25) is 4.79 Å². The van der Waals surface area contributed by atoms with Crippen molar-refractivity contribution in [2.45, 2.75) is 19.8 Å². The minimum Gasteiger partial charge on any atom is -0.369 e. The summed E-state index contributed by atoms with van der Waals surface area (Å²) in [6.07, 6.45) is 3.79. The number of primary amides is 1. The van der Waals surface area contributed by atoms with Crippen molar-refractivity contribution in [2.75, 3.05) is 0 Å². The summed E-state index contributed by atoms with van der Waals surface area (Å²) in [4.78, 5) is 10.8. The Labute approximate surface area is 107 Å². The number of amides is 1. The normalized spacial score (nSPS) is 12.4. The molecule has 2 heteroatoms. The maximum absolute atomic E-state index is 10.8. The number of carbonyl (C=O) groups is 1. The Hall–Kier alpha value is -2.09. The van der Waals surface area contributed by atoms with Crippen LogP contribution in [-0.2, 0) is 11.2 Å². The highest BCUT2D eigenvalue weighted by Gasteiger charge is 2.02. The predicted molar refractivity (Wildman–Crippen MR) is 75.2 cm³/mol. The third kappa shape index (κ3) is 3.45. The predicted octanol–water partition coefficient (Wildman–Crippen LogP) is 3.20. The number of allylic oxidation sites excluding steroid dienone is 2. The van der Waals surface area contributed by atoms with Crippen LogP contribution in [0, 0.1) is 0 Å². The lowest BCUT2D eigenvalue weighted by atomic mass is 10.0. The molecule has 2 N–H and O–H groups in total. The average molecular weight is 239 g/mol. The van der Waals surface area contributed by atoms with E-state index < -0.39 is 0 Å². The van der Waals surface area contributed by atoms with Crippen LogP contribution in [0.3, 0.4) is 0 Å². The highest BCUT2D eigenvalue weighted by molar-refractivity contribution is 5.89. The summed E-state index contributed by atoms with van der Waals surface area (Å²) in [7, 11) is 0. The number of hydrogen-bond acceptors (Lipinski definition) is 1. The molecule has 0 spiro atoms. The summed E-state index contributed by atoms with van der Waals surface area (Å²) in [5.74, 6) is -0.290. The molecule has 0 aromatic heterocycles. The fourth-order valence-corrected chi connectivity index (χ4v) is 1.74. The molecule has 0 saturated heterocycles. The Kier molecular flexibility index (Phi) is 3.78. The van der Waals surface area contributed by atoms with Crippen LogP contribution in [0.4, 0.5) is 0 Å². The van der Waals surface area contributed by atoms with Gasteiger partial charge in [-0.15, -0.1) is 0 Å². The van der Waals surface area contributed by atoms with Crippen molar-refractivity contribution in [1.29, 1.82) is 0 Å². The standard InChI is InChI=1S/C12H11NO.C4H6/c13-12(14)8-10-6-3-5-9-4-1-2-7-11(9)10;1-4-2-3-4/h1-7H,8H2,(H2,13,14);2H,3H2,1H3. The van der Waals surface area contributed by atoms with Gasteiger partial charge in [0.1, 0.15) is 0 Å². The first kappa shape index (κ1) is 12.4. The molecule has 0 fully saturated rings. The molecule has 0 heterocycles. The van der Waals surface area contributed by atoms with Crippen LogP contribution in [0.15, 0.2) is 54.1 Å². The summed E-state index contributed by atoms with van der Waals surface area (Å²) in [5.41, 5.74) is 7.71. The number of benzene rings is 2. The van der Waals surface area contributed by atoms with Crippen molar-refractivity contribution in [3.63, 3.8) is 0 Å². The fraction of sp³-hybridized carbons (Fsp3) is 0.188. The third-order valence-corrected chi connectivity index (χ3v) is 2.86. The van der Waals surface area contributed by atoms with E-state index in [1.807, 2.05) is 42.5 Å².